The van der Waals surface area contributed by atoms with E-state index in [0.717, 1.165) is 18.5 Å². The molecule has 0 bridgehead atoms. The first-order valence-electron chi connectivity index (χ1n) is 6.42. The molecule has 1 amide bonds. The van der Waals surface area contributed by atoms with Crippen LogP contribution < -0.4 is 11.1 Å². The van der Waals surface area contributed by atoms with Gasteiger partial charge in [-0.05, 0) is 40.9 Å². The third-order valence-electron chi connectivity index (χ3n) is 3.38. The summed E-state index contributed by atoms with van der Waals surface area (Å²) in [6, 6.07) is -0.253. The van der Waals surface area contributed by atoms with Gasteiger partial charge in [-0.3, -0.25) is 4.79 Å². The van der Waals surface area contributed by atoms with Gasteiger partial charge in [-0.2, -0.15) is 0 Å². The third-order valence-corrected chi connectivity index (χ3v) is 3.38. The van der Waals surface area contributed by atoms with Crippen LogP contribution in [0, 0.1) is 5.41 Å². The first kappa shape index (κ1) is 14.9. The number of hydrogen-bond acceptors (Lipinski definition) is 3. The highest BCUT2D eigenvalue weighted by Gasteiger charge is 2.37. The van der Waals surface area contributed by atoms with Crippen LogP contribution in [0.4, 0.5) is 0 Å². The molecule has 1 aliphatic carbocycles. The molecule has 0 aliphatic heterocycles. The molecule has 0 spiro atoms. The van der Waals surface area contributed by atoms with Gasteiger partial charge in [0.15, 0.2) is 0 Å². The van der Waals surface area contributed by atoms with Gasteiger partial charge in [0.25, 0.3) is 0 Å². The molecule has 0 fully saturated rings. The largest absolute Gasteiger partial charge is 0.355 e. The van der Waals surface area contributed by atoms with Crippen LogP contribution in [0.2, 0.25) is 0 Å². The Morgan fingerprint density at radius 1 is 1.56 bits per heavy atom. The molecule has 1 rings (SSSR count). The van der Waals surface area contributed by atoms with Crippen LogP contribution in [-0.2, 0) is 4.79 Å². The second kappa shape index (κ2) is 6.16. The van der Waals surface area contributed by atoms with E-state index in [1.54, 1.807) is 0 Å². The molecular weight excluding hydrogens is 226 g/mol. The third kappa shape index (κ3) is 3.68. The van der Waals surface area contributed by atoms with Crippen molar-refractivity contribution in [2.24, 2.45) is 11.1 Å². The second-order valence-electron chi connectivity index (χ2n) is 5.47. The van der Waals surface area contributed by atoms with Gasteiger partial charge in [0, 0.05) is 12.6 Å². The number of hydrogen-bond donors (Lipinski definition) is 2. The summed E-state index contributed by atoms with van der Waals surface area (Å²) in [6.07, 6.45) is 6.76. The molecule has 0 saturated heterocycles. The van der Waals surface area contributed by atoms with Gasteiger partial charge < -0.3 is 16.0 Å². The van der Waals surface area contributed by atoms with E-state index in [-0.39, 0.29) is 11.9 Å². The minimum absolute atomic E-state index is 0.00811. The molecule has 102 valence electrons. The summed E-state index contributed by atoms with van der Waals surface area (Å²) in [5, 5.41) is 2.97. The Kier molecular flexibility index (Phi) is 5.11. The van der Waals surface area contributed by atoms with Crippen LogP contribution in [0.1, 0.15) is 20.3 Å². The van der Waals surface area contributed by atoms with Gasteiger partial charge in [-0.1, -0.05) is 23.8 Å². The topological polar surface area (TPSA) is 58.4 Å². The molecule has 4 heteroatoms. The first-order chi connectivity index (χ1) is 8.36. The molecule has 18 heavy (non-hydrogen) atoms. The zero-order chi connectivity index (χ0) is 13.8. The van der Waals surface area contributed by atoms with E-state index in [0.29, 0.717) is 6.54 Å². The Bertz CT molecular complexity index is 360. The molecule has 3 N–H and O–H groups in total. The van der Waals surface area contributed by atoms with Crippen molar-refractivity contribution >= 4 is 5.91 Å². The molecule has 0 aromatic carbocycles. The maximum absolute atomic E-state index is 12.2. The zero-order valence-corrected chi connectivity index (χ0v) is 11.9. The molecule has 2 unspecified atom stereocenters. The molecule has 0 aromatic heterocycles. The lowest BCUT2D eigenvalue weighted by atomic mass is 9.77. The molecule has 0 heterocycles. The van der Waals surface area contributed by atoms with Crippen LogP contribution in [0.3, 0.4) is 0 Å². The number of rotatable bonds is 5. The van der Waals surface area contributed by atoms with Crippen LogP contribution in [0.15, 0.2) is 23.8 Å². The molecule has 1 aliphatic rings. The fraction of sp³-hybridized carbons (Fsp3) is 0.643. The quantitative estimate of drug-likeness (QED) is 0.714. The van der Waals surface area contributed by atoms with Gasteiger partial charge in [0.1, 0.15) is 0 Å². The van der Waals surface area contributed by atoms with Crippen molar-refractivity contribution in [1.29, 1.82) is 0 Å². The number of carbonyl (C=O) groups excluding carboxylic acids is 1. The zero-order valence-electron chi connectivity index (χ0n) is 11.9. The Balaban J connectivity index is 2.49. The molecule has 0 radical (unpaired) electrons. The van der Waals surface area contributed by atoms with Gasteiger partial charge in [-0.25, -0.2) is 0 Å². The highest BCUT2D eigenvalue weighted by Crippen LogP contribution is 2.28. The Morgan fingerprint density at radius 3 is 2.78 bits per heavy atom. The standard InChI is InChI=1S/C14H25N3O/c1-11-6-7-14(2,12(15)10-11)13(18)16-8-5-9-17(3)4/h6-7,10,12H,5,8-9,15H2,1-4H3,(H,16,18). The van der Waals surface area contributed by atoms with Gasteiger partial charge >= 0.3 is 0 Å². The average Bonchev–Trinajstić information content (AvgIpc) is 2.29. The molecule has 0 aromatic rings. The highest BCUT2D eigenvalue weighted by molar-refractivity contribution is 5.86. The predicted octanol–water partition coefficient (Wildman–Crippen LogP) is 0.904. The van der Waals surface area contributed by atoms with E-state index in [2.05, 4.69) is 10.2 Å². The minimum atomic E-state index is -0.627. The van der Waals surface area contributed by atoms with E-state index >= 15 is 0 Å². The van der Waals surface area contributed by atoms with Gasteiger partial charge in [0.05, 0.1) is 5.41 Å². The van der Waals surface area contributed by atoms with Crippen LogP contribution in [0.5, 0.6) is 0 Å². The summed E-state index contributed by atoms with van der Waals surface area (Å²) in [7, 11) is 4.05. The summed E-state index contributed by atoms with van der Waals surface area (Å²) in [5.41, 5.74) is 6.54. The molecular formula is C14H25N3O. The van der Waals surface area contributed by atoms with Crippen molar-refractivity contribution in [2.75, 3.05) is 27.2 Å². The number of nitrogens with zero attached hydrogens (tertiary/aromatic N) is 1. The summed E-state index contributed by atoms with van der Waals surface area (Å²) in [4.78, 5) is 14.3. The van der Waals surface area contributed by atoms with Crippen molar-refractivity contribution in [2.45, 2.75) is 26.3 Å². The lowest BCUT2D eigenvalue weighted by Gasteiger charge is -2.32. The highest BCUT2D eigenvalue weighted by atomic mass is 16.2. The Labute approximate surface area is 110 Å². The maximum atomic E-state index is 12.2. The van der Waals surface area contributed by atoms with Crippen molar-refractivity contribution in [1.82, 2.24) is 10.2 Å². The SMILES string of the molecule is CC1=CC(N)C(C)(C(=O)NCCCN(C)C)C=C1. The number of amides is 1. The molecule has 0 saturated carbocycles. The first-order valence-corrected chi connectivity index (χ1v) is 6.42. The molecule has 4 nitrogen and oxygen atoms in total. The lowest BCUT2D eigenvalue weighted by Crippen LogP contribution is -2.50. The van der Waals surface area contributed by atoms with E-state index in [4.69, 9.17) is 5.73 Å². The van der Waals surface area contributed by atoms with Crippen molar-refractivity contribution in [3.63, 3.8) is 0 Å². The van der Waals surface area contributed by atoms with Gasteiger partial charge in [-0.15, -0.1) is 0 Å². The van der Waals surface area contributed by atoms with E-state index in [9.17, 15) is 4.79 Å². The Hall–Kier alpha value is -1.13. The summed E-state index contributed by atoms with van der Waals surface area (Å²) >= 11 is 0. The van der Waals surface area contributed by atoms with E-state index in [1.807, 2.05) is 46.2 Å². The smallest absolute Gasteiger partial charge is 0.231 e. The predicted molar refractivity (Wildman–Crippen MR) is 75.2 cm³/mol. The van der Waals surface area contributed by atoms with Crippen molar-refractivity contribution < 1.29 is 4.79 Å². The fourth-order valence-corrected chi connectivity index (χ4v) is 1.94. The lowest BCUT2D eigenvalue weighted by molar-refractivity contribution is -0.128. The van der Waals surface area contributed by atoms with E-state index < -0.39 is 5.41 Å². The van der Waals surface area contributed by atoms with Crippen LogP contribution in [-0.4, -0.2) is 44.0 Å². The summed E-state index contributed by atoms with van der Waals surface area (Å²) in [6.45, 7) is 5.54. The second-order valence-corrected chi connectivity index (χ2v) is 5.47. The summed E-state index contributed by atoms with van der Waals surface area (Å²) in [5.74, 6) is 0.00811. The average molecular weight is 251 g/mol. The van der Waals surface area contributed by atoms with Gasteiger partial charge in [0.2, 0.25) is 5.91 Å². The number of nitrogens with two attached hydrogens (primary N) is 1. The molecule has 2 atom stereocenters. The number of carbonyl (C=O) groups is 1. The normalized spacial score (nSPS) is 27.2. The number of nitrogens with one attached hydrogen (secondary N) is 1. The van der Waals surface area contributed by atoms with Crippen molar-refractivity contribution in [3.8, 4) is 0 Å². The Morgan fingerprint density at radius 2 is 2.22 bits per heavy atom. The van der Waals surface area contributed by atoms with Crippen LogP contribution >= 0.6 is 0 Å². The summed E-state index contributed by atoms with van der Waals surface area (Å²) < 4.78 is 0. The van der Waals surface area contributed by atoms with Crippen molar-refractivity contribution in [3.05, 3.63) is 23.8 Å². The maximum Gasteiger partial charge on any atom is 0.231 e. The number of allylic oxidation sites excluding steroid dienone is 2. The minimum Gasteiger partial charge on any atom is -0.355 e. The van der Waals surface area contributed by atoms with E-state index in [1.165, 1.54) is 0 Å². The van der Waals surface area contributed by atoms with Crippen LogP contribution in [0.25, 0.3) is 0 Å². The monoisotopic (exact) mass is 251 g/mol. The fourth-order valence-electron chi connectivity index (χ4n) is 1.94.